The maximum atomic E-state index is 9.26. The second-order valence-electron chi connectivity index (χ2n) is 12.3. The maximum Gasteiger partial charge on any atom is 0.127 e. The number of aromatic amines is 1. The van der Waals surface area contributed by atoms with Gasteiger partial charge in [0.15, 0.2) is 0 Å². The van der Waals surface area contributed by atoms with Crippen LogP contribution in [0.4, 0.5) is 0 Å². The Balaban J connectivity index is 0.944. The molecule has 7 rings (SSSR count). The van der Waals surface area contributed by atoms with E-state index >= 15 is 0 Å². The van der Waals surface area contributed by atoms with Crippen molar-refractivity contribution in [2.24, 2.45) is 0 Å². The predicted octanol–water partition coefficient (Wildman–Crippen LogP) is 9.14. The van der Waals surface area contributed by atoms with Gasteiger partial charge in [-0.2, -0.15) is 5.26 Å². The number of aryl methyl sites for hydroxylation is 1. The molecule has 1 saturated carbocycles. The van der Waals surface area contributed by atoms with E-state index in [1.165, 1.54) is 48.2 Å². The molecule has 1 aliphatic carbocycles. The molecule has 0 radical (unpaired) electrons. The lowest BCUT2D eigenvalue weighted by molar-refractivity contribution is 0.207. The lowest BCUT2D eigenvalue weighted by atomic mass is 9.84. The first-order chi connectivity index (χ1) is 21.6. The quantitative estimate of drug-likeness (QED) is 0.162. The number of ether oxygens (including phenoxy) is 1. The molecule has 1 N–H and O–H groups in total. The number of H-pyrrole nitrogens is 1. The van der Waals surface area contributed by atoms with E-state index in [4.69, 9.17) is 21.3 Å². The van der Waals surface area contributed by atoms with Crippen molar-refractivity contribution in [1.82, 2.24) is 19.4 Å². The van der Waals surface area contributed by atoms with Crippen LogP contribution in [0.3, 0.4) is 0 Å². The van der Waals surface area contributed by atoms with E-state index in [9.17, 15) is 5.26 Å². The smallest absolute Gasteiger partial charge is 0.127 e. The van der Waals surface area contributed by atoms with E-state index in [0.29, 0.717) is 16.9 Å². The van der Waals surface area contributed by atoms with E-state index in [-0.39, 0.29) is 0 Å². The Labute approximate surface area is 264 Å². The number of imidazole rings is 1. The van der Waals surface area contributed by atoms with E-state index in [1.54, 1.807) is 0 Å². The summed E-state index contributed by atoms with van der Waals surface area (Å²) in [5.74, 6) is 3.87. The summed E-state index contributed by atoms with van der Waals surface area (Å²) in [6.07, 6.45) is 13.9. The van der Waals surface area contributed by atoms with Gasteiger partial charge < -0.3 is 19.2 Å². The van der Waals surface area contributed by atoms with Crippen molar-refractivity contribution < 1.29 is 4.74 Å². The molecule has 0 spiro atoms. The summed E-state index contributed by atoms with van der Waals surface area (Å²) in [7, 11) is 0. The molecule has 44 heavy (non-hydrogen) atoms. The highest BCUT2D eigenvalue weighted by atomic mass is 35.5. The van der Waals surface area contributed by atoms with Crippen LogP contribution >= 0.6 is 11.6 Å². The van der Waals surface area contributed by atoms with Crippen LogP contribution in [-0.4, -0.2) is 39.1 Å². The summed E-state index contributed by atoms with van der Waals surface area (Å²) in [4.78, 5) is 11.3. The zero-order chi connectivity index (χ0) is 29.9. The summed E-state index contributed by atoms with van der Waals surface area (Å²) >= 11 is 6.01. The number of hydrogen-bond donors (Lipinski definition) is 1. The van der Waals surface area contributed by atoms with Crippen LogP contribution in [0.15, 0.2) is 79.1 Å². The second-order valence-corrected chi connectivity index (χ2v) is 12.8. The number of aromatic nitrogens is 3. The molecule has 3 heterocycles. The molecule has 0 unspecified atom stereocenters. The minimum absolute atomic E-state index is 0.513. The van der Waals surface area contributed by atoms with Gasteiger partial charge in [-0.25, -0.2) is 4.98 Å². The normalized spacial score (nSPS) is 16.2. The molecule has 1 aliphatic heterocycles. The topological polar surface area (TPSA) is 69.9 Å². The van der Waals surface area contributed by atoms with Crippen LogP contribution in [0.2, 0.25) is 5.02 Å². The zero-order valence-electron chi connectivity index (χ0n) is 25.0. The summed E-state index contributed by atoms with van der Waals surface area (Å²) in [5.41, 5.74) is 5.56. The van der Waals surface area contributed by atoms with Crippen molar-refractivity contribution in [2.45, 2.75) is 63.2 Å². The minimum atomic E-state index is 0.513. The monoisotopic (exact) mass is 603 g/mol. The molecule has 0 bridgehead atoms. The fourth-order valence-electron chi connectivity index (χ4n) is 6.64. The molecule has 2 fully saturated rings. The molecule has 1 saturated heterocycles. The largest absolute Gasteiger partial charge is 0.457 e. The predicted molar refractivity (Wildman–Crippen MR) is 176 cm³/mol. The Morgan fingerprint density at radius 2 is 1.66 bits per heavy atom. The van der Waals surface area contributed by atoms with Gasteiger partial charge in [0.1, 0.15) is 17.3 Å². The van der Waals surface area contributed by atoms with Crippen molar-refractivity contribution in [2.75, 3.05) is 19.6 Å². The van der Waals surface area contributed by atoms with Gasteiger partial charge in [0, 0.05) is 45.8 Å². The number of likely N-dealkylation sites (tertiary alicyclic amines) is 1. The van der Waals surface area contributed by atoms with E-state index < -0.39 is 0 Å². The fourth-order valence-corrected chi connectivity index (χ4v) is 6.77. The average molecular weight is 604 g/mol. The number of piperidine rings is 1. The lowest BCUT2D eigenvalue weighted by Gasteiger charge is -2.31. The van der Waals surface area contributed by atoms with Gasteiger partial charge in [-0.05, 0) is 137 Å². The van der Waals surface area contributed by atoms with Gasteiger partial charge in [0.2, 0.25) is 0 Å². The Hall–Kier alpha value is -4.05. The minimum Gasteiger partial charge on any atom is -0.457 e. The SMILES string of the molecule is N#Cc1ccc2[nH]cc(CCCCN3CCC(c4cn(-c5ccc(Oc6ccc(Cl)cc6)cc5)c(C5CCC5)n4)CC3)c2c1. The van der Waals surface area contributed by atoms with Crippen molar-refractivity contribution in [1.29, 1.82) is 5.26 Å². The van der Waals surface area contributed by atoms with Crippen molar-refractivity contribution in [3.05, 3.63) is 107 Å². The van der Waals surface area contributed by atoms with Crippen LogP contribution in [0.25, 0.3) is 16.6 Å². The van der Waals surface area contributed by atoms with Gasteiger partial charge in [0.05, 0.1) is 17.3 Å². The average Bonchev–Trinajstić information content (AvgIpc) is 3.64. The molecule has 7 heteroatoms. The molecule has 224 valence electrons. The Morgan fingerprint density at radius 1 is 0.909 bits per heavy atom. The third-order valence-electron chi connectivity index (χ3n) is 9.46. The number of halogens is 1. The number of rotatable bonds is 10. The molecule has 0 atom stereocenters. The molecular weight excluding hydrogens is 566 g/mol. The van der Waals surface area contributed by atoms with E-state index in [1.807, 2.05) is 54.6 Å². The Bertz CT molecular complexity index is 1750. The van der Waals surface area contributed by atoms with Crippen molar-refractivity contribution >= 4 is 22.5 Å². The van der Waals surface area contributed by atoms with Gasteiger partial charge in [0.25, 0.3) is 0 Å². The lowest BCUT2D eigenvalue weighted by Crippen LogP contribution is -2.33. The molecule has 3 aromatic carbocycles. The van der Waals surface area contributed by atoms with Gasteiger partial charge in [-0.3, -0.25) is 0 Å². The Morgan fingerprint density at radius 3 is 2.36 bits per heavy atom. The third-order valence-corrected chi connectivity index (χ3v) is 9.71. The molecule has 0 amide bonds. The second kappa shape index (κ2) is 12.9. The molecule has 2 aromatic heterocycles. The first-order valence-electron chi connectivity index (χ1n) is 16.0. The standard InChI is InChI=1S/C37H38ClN5O/c38-30-8-12-32(13-9-30)44-33-14-10-31(11-15-33)43-25-36(41-37(43)28-5-3-6-28)27-17-20-42(21-18-27)19-2-1-4-29-24-40-35-16-7-26(23-39)22-34(29)35/h7-16,22,24-25,27-28,40H,1-6,17-21H2. The maximum absolute atomic E-state index is 9.26. The van der Waals surface area contributed by atoms with Crippen LogP contribution in [0.1, 0.15) is 79.4 Å². The van der Waals surface area contributed by atoms with Crippen LogP contribution in [-0.2, 0) is 6.42 Å². The number of nitrogens with zero attached hydrogens (tertiary/aromatic N) is 4. The first kappa shape index (κ1) is 28.7. The van der Waals surface area contributed by atoms with Crippen LogP contribution in [0, 0.1) is 11.3 Å². The zero-order valence-corrected chi connectivity index (χ0v) is 25.8. The number of hydrogen-bond acceptors (Lipinski definition) is 4. The number of nitriles is 1. The van der Waals surface area contributed by atoms with Crippen LogP contribution < -0.4 is 4.74 Å². The molecule has 5 aromatic rings. The number of nitrogens with one attached hydrogen (secondary N) is 1. The van der Waals surface area contributed by atoms with Crippen molar-refractivity contribution in [3.8, 4) is 23.3 Å². The van der Waals surface area contributed by atoms with E-state index in [0.717, 1.165) is 73.6 Å². The number of fused-ring (bicyclic) bond motifs is 1. The highest BCUT2D eigenvalue weighted by molar-refractivity contribution is 6.30. The van der Waals surface area contributed by atoms with Gasteiger partial charge in [-0.1, -0.05) is 18.0 Å². The fraction of sp³-hybridized carbons (Fsp3) is 0.351. The molecule has 2 aliphatic rings. The summed E-state index contributed by atoms with van der Waals surface area (Å²) in [6, 6.07) is 24.0. The number of benzene rings is 3. The summed E-state index contributed by atoms with van der Waals surface area (Å²) < 4.78 is 8.36. The highest BCUT2D eigenvalue weighted by Crippen LogP contribution is 2.39. The first-order valence-corrected chi connectivity index (χ1v) is 16.4. The number of unbranched alkanes of at least 4 members (excludes halogenated alkanes) is 1. The van der Waals surface area contributed by atoms with Crippen LogP contribution in [0.5, 0.6) is 11.5 Å². The van der Waals surface area contributed by atoms with Gasteiger partial charge >= 0.3 is 0 Å². The highest BCUT2D eigenvalue weighted by Gasteiger charge is 2.29. The molecular formula is C37H38ClN5O. The van der Waals surface area contributed by atoms with Crippen molar-refractivity contribution in [3.63, 3.8) is 0 Å². The van der Waals surface area contributed by atoms with E-state index in [2.05, 4.69) is 45.0 Å². The van der Waals surface area contributed by atoms with Gasteiger partial charge in [-0.15, -0.1) is 0 Å². The summed E-state index contributed by atoms with van der Waals surface area (Å²) in [5, 5.41) is 11.1. The Kier molecular flexibility index (Phi) is 8.41. The molecule has 6 nitrogen and oxygen atoms in total. The summed E-state index contributed by atoms with van der Waals surface area (Å²) in [6.45, 7) is 3.40. The third kappa shape index (κ3) is 6.26.